The van der Waals surface area contributed by atoms with Gasteiger partial charge in [0.2, 0.25) is 0 Å². The normalized spacial score (nSPS) is 10.9. The molecule has 0 spiro atoms. The molecule has 2 aromatic carbocycles. The van der Waals surface area contributed by atoms with E-state index in [2.05, 4.69) is 10.2 Å². The van der Waals surface area contributed by atoms with E-state index in [9.17, 15) is 5.11 Å². The van der Waals surface area contributed by atoms with Crippen molar-refractivity contribution in [2.45, 2.75) is 13.8 Å². The van der Waals surface area contributed by atoms with E-state index >= 15 is 0 Å². The van der Waals surface area contributed by atoms with Gasteiger partial charge >= 0.3 is 0 Å². The van der Waals surface area contributed by atoms with Crippen molar-refractivity contribution in [3.8, 4) is 5.75 Å². The number of azo groups is 1. The molecule has 0 saturated carbocycles. The van der Waals surface area contributed by atoms with Crippen LogP contribution in [0.1, 0.15) is 16.7 Å². The maximum absolute atomic E-state index is 9.59. The summed E-state index contributed by atoms with van der Waals surface area (Å²) in [5.74, 6) is 0.283. The summed E-state index contributed by atoms with van der Waals surface area (Å²) in [6, 6.07) is 10.3. The van der Waals surface area contributed by atoms with Crippen LogP contribution < -0.4 is 5.73 Å². The summed E-state index contributed by atoms with van der Waals surface area (Å²) in [7, 11) is 0. The number of nitrogens with one attached hydrogen (secondary N) is 1. The van der Waals surface area contributed by atoms with Crippen molar-refractivity contribution in [1.29, 1.82) is 5.41 Å². The van der Waals surface area contributed by atoms with E-state index in [0.29, 0.717) is 11.3 Å². The average Bonchev–Trinajstić information content (AvgIpc) is 2.44. The third-order valence-corrected chi connectivity index (χ3v) is 3.18. The summed E-state index contributed by atoms with van der Waals surface area (Å²) in [4.78, 5) is 0. The van der Waals surface area contributed by atoms with E-state index in [-0.39, 0.29) is 11.6 Å². The molecule has 0 atom stereocenters. The third kappa shape index (κ3) is 2.83. The lowest BCUT2D eigenvalue weighted by molar-refractivity contribution is 0.470. The molecule has 0 amide bonds. The van der Waals surface area contributed by atoms with Gasteiger partial charge in [-0.15, -0.1) is 0 Å². The lowest BCUT2D eigenvalue weighted by Gasteiger charge is -2.05. The molecule has 102 valence electrons. The number of phenolic OH excluding ortho intramolecular Hbond substituents is 1. The predicted octanol–water partition coefficient (Wildman–Crippen LogP) is 3.71. The highest BCUT2D eigenvalue weighted by atomic mass is 16.3. The quantitative estimate of drug-likeness (QED) is 0.449. The Labute approximate surface area is 117 Å². The van der Waals surface area contributed by atoms with Crippen LogP contribution in [0.25, 0.3) is 0 Å². The Bertz CT molecular complexity index is 675. The van der Waals surface area contributed by atoms with Crippen LogP contribution in [0.2, 0.25) is 0 Å². The SMILES string of the molecule is Cc1c(O)ccc(N=Nc2ccc(C(=N)N)cc2)c1C. The van der Waals surface area contributed by atoms with Crippen LogP contribution in [-0.4, -0.2) is 10.9 Å². The predicted molar refractivity (Wildman–Crippen MR) is 79.2 cm³/mol. The van der Waals surface area contributed by atoms with Crippen LogP contribution in [0.5, 0.6) is 5.75 Å². The molecule has 0 bridgehead atoms. The summed E-state index contributed by atoms with van der Waals surface area (Å²) < 4.78 is 0. The molecular formula is C15H16N4O. The number of aromatic hydroxyl groups is 1. The maximum atomic E-state index is 9.59. The number of benzene rings is 2. The van der Waals surface area contributed by atoms with Gasteiger partial charge in [-0.25, -0.2) is 0 Å². The lowest BCUT2D eigenvalue weighted by atomic mass is 10.1. The molecule has 0 radical (unpaired) electrons. The number of nitrogens with zero attached hydrogens (tertiary/aromatic N) is 2. The van der Waals surface area contributed by atoms with Gasteiger partial charge in [0.25, 0.3) is 0 Å². The van der Waals surface area contributed by atoms with Crippen molar-refractivity contribution >= 4 is 17.2 Å². The van der Waals surface area contributed by atoms with Gasteiger partial charge in [0.05, 0.1) is 11.4 Å². The van der Waals surface area contributed by atoms with Gasteiger partial charge in [0.1, 0.15) is 11.6 Å². The first kappa shape index (κ1) is 13.7. The van der Waals surface area contributed by atoms with Gasteiger partial charge in [0.15, 0.2) is 0 Å². The van der Waals surface area contributed by atoms with E-state index < -0.39 is 0 Å². The second kappa shape index (κ2) is 5.52. The fraction of sp³-hybridized carbons (Fsp3) is 0.133. The average molecular weight is 268 g/mol. The number of hydrogen-bond donors (Lipinski definition) is 3. The smallest absolute Gasteiger partial charge is 0.122 e. The fourth-order valence-corrected chi connectivity index (χ4v) is 1.72. The van der Waals surface area contributed by atoms with Crippen molar-refractivity contribution in [3.63, 3.8) is 0 Å². The minimum atomic E-state index is 0.0264. The molecule has 20 heavy (non-hydrogen) atoms. The highest BCUT2D eigenvalue weighted by molar-refractivity contribution is 5.95. The molecule has 2 aromatic rings. The van der Waals surface area contributed by atoms with Gasteiger partial charge in [0, 0.05) is 5.56 Å². The number of phenols is 1. The third-order valence-electron chi connectivity index (χ3n) is 3.18. The van der Waals surface area contributed by atoms with Crippen LogP contribution in [0.3, 0.4) is 0 Å². The van der Waals surface area contributed by atoms with Gasteiger partial charge in [-0.05, 0) is 61.4 Å². The highest BCUT2D eigenvalue weighted by Gasteiger charge is 2.04. The van der Waals surface area contributed by atoms with E-state index in [1.54, 1.807) is 36.4 Å². The van der Waals surface area contributed by atoms with Crippen molar-refractivity contribution in [3.05, 3.63) is 53.1 Å². The van der Waals surface area contributed by atoms with Crippen molar-refractivity contribution in [2.75, 3.05) is 0 Å². The Balaban J connectivity index is 2.25. The summed E-state index contributed by atoms with van der Waals surface area (Å²) in [5, 5.41) is 25.2. The second-order valence-corrected chi connectivity index (χ2v) is 4.51. The second-order valence-electron chi connectivity index (χ2n) is 4.51. The Morgan fingerprint density at radius 1 is 1.00 bits per heavy atom. The van der Waals surface area contributed by atoms with Crippen molar-refractivity contribution in [1.82, 2.24) is 0 Å². The number of nitrogen functional groups attached to an aromatic ring is 1. The first-order chi connectivity index (χ1) is 9.49. The largest absolute Gasteiger partial charge is 0.508 e. The monoisotopic (exact) mass is 268 g/mol. The minimum absolute atomic E-state index is 0.0264. The summed E-state index contributed by atoms with van der Waals surface area (Å²) in [6.45, 7) is 3.73. The molecule has 0 fully saturated rings. The van der Waals surface area contributed by atoms with Crippen LogP contribution in [-0.2, 0) is 0 Å². The zero-order chi connectivity index (χ0) is 14.7. The Hall–Kier alpha value is -2.69. The first-order valence-corrected chi connectivity index (χ1v) is 6.14. The van der Waals surface area contributed by atoms with Crippen LogP contribution in [0.15, 0.2) is 46.6 Å². The number of rotatable bonds is 3. The van der Waals surface area contributed by atoms with Crippen molar-refractivity contribution < 1.29 is 5.11 Å². The standard InChI is InChI=1S/C15H16N4O/c1-9-10(2)14(20)8-7-13(9)19-18-12-5-3-11(4-6-12)15(16)17/h3-8,20H,1-2H3,(H3,16,17). The van der Waals surface area contributed by atoms with E-state index in [4.69, 9.17) is 11.1 Å². The van der Waals surface area contributed by atoms with Crippen LogP contribution in [0.4, 0.5) is 11.4 Å². The molecule has 0 aliphatic carbocycles. The fourth-order valence-electron chi connectivity index (χ4n) is 1.72. The molecule has 0 aliphatic rings. The Kier molecular flexibility index (Phi) is 3.79. The number of nitrogens with two attached hydrogens (primary N) is 1. The molecule has 5 nitrogen and oxygen atoms in total. The maximum Gasteiger partial charge on any atom is 0.122 e. The molecule has 0 unspecified atom stereocenters. The number of amidine groups is 1. The first-order valence-electron chi connectivity index (χ1n) is 6.14. The summed E-state index contributed by atoms with van der Waals surface area (Å²) in [6.07, 6.45) is 0. The van der Waals surface area contributed by atoms with Gasteiger partial charge in [-0.2, -0.15) is 10.2 Å². The molecule has 0 aliphatic heterocycles. The zero-order valence-electron chi connectivity index (χ0n) is 11.4. The lowest BCUT2D eigenvalue weighted by Crippen LogP contribution is -2.10. The van der Waals surface area contributed by atoms with Crippen LogP contribution >= 0.6 is 0 Å². The molecular weight excluding hydrogens is 252 g/mol. The Morgan fingerprint density at radius 3 is 2.25 bits per heavy atom. The highest BCUT2D eigenvalue weighted by Crippen LogP contribution is 2.29. The molecule has 4 N–H and O–H groups in total. The molecule has 5 heteroatoms. The zero-order valence-corrected chi connectivity index (χ0v) is 11.4. The van der Waals surface area contributed by atoms with E-state index in [1.807, 2.05) is 13.8 Å². The summed E-state index contributed by atoms with van der Waals surface area (Å²) in [5.41, 5.74) is 9.13. The minimum Gasteiger partial charge on any atom is -0.508 e. The molecule has 2 rings (SSSR count). The van der Waals surface area contributed by atoms with Gasteiger partial charge in [-0.3, -0.25) is 5.41 Å². The summed E-state index contributed by atoms with van der Waals surface area (Å²) >= 11 is 0. The molecule has 0 heterocycles. The molecule has 0 saturated heterocycles. The van der Waals surface area contributed by atoms with Gasteiger partial charge in [-0.1, -0.05) is 0 Å². The van der Waals surface area contributed by atoms with Crippen molar-refractivity contribution in [2.24, 2.45) is 16.0 Å². The topological polar surface area (TPSA) is 94.8 Å². The van der Waals surface area contributed by atoms with E-state index in [1.165, 1.54) is 0 Å². The van der Waals surface area contributed by atoms with Crippen LogP contribution in [0, 0.1) is 19.3 Å². The Morgan fingerprint density at radius 2 is 1.65 bits per heavy atom. The van der Waals surface area contributed by atoms with Gasteiger partial charge < -0.3 is 10.8 Å². The number of hydrogen-bond acceptors (Lipinski definition) is 4. The molecule has 0 aromatic heterocycles. The van der Waals surface area contributed by atoms with E-state index in [0.717, 1.165) is 16.8 Å².